The van der Waals surface area contributed by atoms with Gasteiger partial charge in [0, 0.05) is 13.2 Å². The average molecular weight is 526 g/mol. The van der Waals surface area contributed by atoms with Gasteiger partial charge in [-0.05, 0) is 32.4 Å². The van der Waals surface area contributed by atoms with E-state index in [9.17, 15) is 26.4 Å². The lowest BCUT2D eigenvalue weighted by Crippen LogP contribution is -2.29. The fraction of sp³-hybridized carbons (Fsp3) is 0.381. The van der Waals surface area contributed by atoms with Gasteiger partial charge in [0.1, 0.15) is 22.8 Å². The van der Waals surface area contributed by atoms with Gasteiger partial charge >= 0.3 is 6.18 Å². The van der Waals surface area contributed by atoms with Crippen molar-refractivity contribution in [3.05, 3.63) is 35.4 Å². The van der Waals surface area contributed by atoms with Gasteiger partial charge in [0.05, 0.1) is 29.1 Å². The third-order valence-corrected chi connectivity index (χ3v) is 6.99. The topological polar surface area (TPSA) is 133 Å². The van der Waals surface area contributed by atoms with Crippen molar-refractivity contribution in [3.8, 4) is 11.4 Å². The molecule has 15 heteroatoms. The highest BCUT2D eigenvalue weighted by atomic mass is 32.2. The van der Waals surface area contributed by atoms with Crippen LogP contribution in [0.4, 0.5) is 13.2 Å². The molecule has 0 unspecified atom stereocenters. The van der Waals surface area contributed by atoms with Gasteiger partial charge in [-0.2, -0.15) is 18.3 Å². The number of hydroxylamine groups is 1. The molecule has 4 rings (SSSR count). The number of imidazole rings is 1. The Morgan fingerprint density at radius 2 is 1.92 bits per heavy atom. The lowest BCUT2D eigenvalue weighted by Gasteiger charge is -2.11. The standard InChI is InChI=1S/C21H22F3N7O4S/c1-6-36(33,34)20-15(18-27-12-7-14(21(22,23)24)25-9-13(12)30(18)5)17-26-8-11(4)16(31(17)28-20)19(32)29-35-10(2)3/h7-10H,6H2,1-5H3,(H,29,32). The van der Waals surface area contributed by atoms with Crippen molar-refractivity contribution in [1.29, 1.82) is 0 Å². The van der Waals surface area contributed by atoms with Crippen molar-refractivity contribution in [2.75, 3.05) is 5.75 Å². The second kappa shape index (κ2) is 8.81. The fourth-order valence-corrected chi connectivity index (χ4v) is 4.54. The largest absolute Gasteiger partial charge is 0.433 e. The molecule has 4 aromatic heterocycles. The number of rotatable bonds is 6. The molecule has 0 aliphatic heterocycles. The first-order valence-corrected chi connectivity index (χ1v) is 12.4. The molecule has 11 nitrogen and oxygen atoms in total. The third kappa shape index (κ3) is 4.28. The Hall–Kier alpha value is -3.59. The summed E-state index contributed by atoms with van der Waals surface area (Å²) in [5.41, 5.74) is 1.61. The lowest BCUT2D eigenvalue weighted by atomic mass is 10.2. The highest BCUT2D eigenvalue weighted by Crippen LogP contribution is 2.35. The van der Waals surface area contributed by atoms with E-state index in [1.165, 1.54) is 24.7 Å². The highest BCUT2D eigenvalue weighted by molar-refractivity contribution is 7.91. The molecule has 0 bridgehead atoms. The molecular formula is C21H22F3N7O4S. The molecule has 0 spiro atoms. The number of hydrogen-bond acceptors (Lipinski definition) is 8. The molecular weight excluding hydrogens is 503 g/mol. The van der Waals surface area contributed by atoms with Crippen molar-refractivity contribution in [3.63, 3.8) is 0 Å². The summed E-state index contributed by atoms with van der Waals surface area (Å²) in [6.07, 6.45) is -2.65. The maximum Gasteiger partial charge on any atom is 0.433 e. The Labute approximate surface area is 203 Å². The quantitative estimate of drug-likeness (QED) is 0.380. The molecule has 192 valence electrons. The minimum absolute atomic E-state index is 0.00529. The molecule has 0 radical (unpaired) electrons. The molecule has 0 saturated heterocycles. The summed E-state index contributed by atoms with van der Waals surface area (Å²) in [4.78, 5) is 30.1. The number of nitrogens with zero attached hydrogens (tertiary/aromatic N) is 6. The second-order valence-electron chi connectivity index (χ2n) is 8.26. The molecule has 0 aliphatic rings. The number of pyridine rings is 1. The van der Waals surface area contributed by atoms with Crippen LogP contribution in [0.15, 0.2) is 23.5 Å². The van der Waals surface area contributed by atoms with Crippen LogP contribution in [0.2, 0.25) is 0 Å². The molecule has 1 amide bonds. The van der Waals surface area contributed by atoms with Gasteiger partial charge in [0.15, 0.2) is 20.5 Å². The maximum absolute atomic E-state index is 13.2. The summed E-state index contributed by atoms with van der Waals surface area (Å²) in [7, 11) is -2.49. The van der Waals surface area contributed by atoms with E-state index < -0.39 is 32.6 Å². The van der Waals surface area contributed by atoms with Gasteiger partial charge in [-0.15, -0.1) is 0 Å². The van der Waals surface area contributed by atoms with Crippen LogP contribution in [0.3, 0.4) is 0 Å². The second-order valence-corrected chi connectivity index (χ2v) is 10.5. The fourth-order valence-electron chi connectivity index (χ4n) is 3.56. The van der Waals surface area contributed by atoms with Crippen molar-refractivity contribution < 1.29 is 31.2 Å². The number of sulfone groups is 1. The minimum atomic E-state index is -4.69. The number of nitrogens with one attached hydrogen (secondary N) is 1. The zero-order valence-electron chi connectivity index (χ0n) is 19.9. The maximum atomic E-state index is 13.2. The van der Waals surface area contributed by atoms with Gasteiger partial charge in [0.25, 0.3) is 5.91 Å². The molecule has 1 N–H and O–H groups in total. The monoisotopic (exact) mass is 525 g/mol. The smallest absolute Gasteiger partial charge is 0.326 e. The molecule has 0 atom stereocenters. The van der Waals surface area contributed by atoms with Crippen LogP contribution in [-0.4, -0.2) is 55.3 Å². The number of alkyl halides is 3. The first-order chi connectivity index (χ1) is 16.8. The van der Waals surface area contributed by atoms with Gasteiger partial charge in [0.2, 0.25) is 0 Å². The van der Waals surface area contributed by atoms with Crippen LogP contribution >= 0.6 is 0 Å². The highest BCUT2D eigenvalue weighted by Gasteiger charge is 2.34. The molecule has 0 fully saturated rings. The Morgan fingerprint density at radius 3 is 2.53 bits per heavy atom. The number of carbonyl (C=O) groups is 1. The van der Waals surface area contributed by atoms with Crippen LogP contribution in [-0.2, 0) is 27.9 Å². The molecule has 4 aromatic rings. The van der Waals surface area contributed by atoms with E-state index in [2.05, 4.69) is 25.5 Å². The molecule has 0 saturated carbocycles. The number of fused-ring (bicyclic) bond motifs is 2. The Kier molecular flexibility index (Phi) is 6.24. The van der Waals surface area contributed by atoms with E-state index in [1.54, 1.807) is 20.8 Å². The van der Waals surface area contributed by atoms with Crippen LogP contribution < -0.4 is 5.48 Å². The zero-order chi connectivity index (χ0) is 26.6. The summed E-state index contributed by atoms with van der Waals surface area (Å²) >= 11 is 0. The van der Waals surface area contributed by atoms with Gasteiger partial charge in [-0.3, -0.25) is 9.63 Å². The Morgan fingerprint density at radius 1 is 1.22 bits per heavy atom. The van der Waals surface area contributed by atoms with E-state index in [4.69, 9.17) is 4.84 Å². The van der Waals surface area contributed by atoms with E-state index in [0.29, 0.717) is 5.56 Å². The van der Waals surface area contributed by atoms with Gasteiger partial charge in [-0.25, -0.2) is 33.4 Å². The number of aromatic nitrogens is 6. The summed E-state index contributed by atoms with van der Waals surface area (Å²) in [5, 5.41) is 3.80. The van der Waals surface area contributed by atoms with Crippen molar-refractivity contribution in [2.45, 2.75) is 45.0 Å². The van der Waals surface area contributed by atoms with E-state index in [1.807, 2.05) is 0 Å². The molecule has 0 aliphatic carbocycles. The minimum Gasteiger partial charge on any atom is -0.326 e. The van der Waals surface area contributed by atoms with E-state index in [0.717, 1.165) is 16.8 Å². The van der Waals surface area contributed by atoms with E-state index >= 15 is 0 Å². The molecule has 4 heterocycles. The Balaban J connectivity index is 2.04. The van der Waals surface area contributed by atoms with Gasteiger partial charge in [-0.1, -0.05) is 6.92 Å². The summed E-state index contributed by atoms with van der Waals surface area (Å²) in [5.74, 6) is -1.02. The zero-order valence-corrected chi connectivity index (χ0v) is 20.7. The number of hydrogen-bond donors (Lipinski definition) is 1. The molecule has 0 aromatic carbocycles. The van der Waals surface area contributed by atoms with Gasteiger partial charge < -0.3 is 4.57 Å². The number of amides is 1. The van der Waals surface area contributed by atoms with Crippen LogP contribution in [0.1, 0.15) is 42.5 Å². The normalized spacial score (nSPS) is 12.7. The number of halogens is 3. The summed E-state index contributed by atoms with van der Waals surface area (Å²) in [6.45, 7) is 6.42. The predicted octanol–water partition coefficient (Wildman–Crippen LogP) is 2.87. The number of aryl methyl sites for hydroxylation is 2. The first-order valence-electron chi connectivity index (χ1n) is 10.7. The molecule has 36 heavy (non-hydrogen) atoms. The SMILES string of the molecule is CCS(=O)(=O)c1nn2c(C(=O)NOC(C)C)c(C)cnc2c1-c1nc2cc(C(F)(F)F)ncc2n1C. The van der Waals surface area contributed by atoms with Crippen molar-refractivity contribution in [2.24, 2.45) is 7.05 Å². The van der Waals surface area contributed by atoms with Crippen LogP contribution in [0, 0.1) is 6.92 Å². The Bertz CT molecular complexity index is 1610. The third-order valence-electron chi connectivity index (χ3n) is 5.35. The number of carbonyl (C=O) groups excluding carboxylic acids is 1. The lowest BCUT2D eigenvalue weighted by molar-refractivity contribution is -0.141. The predicted molar refractivity (Wildman–Crippen MR) is 122 cm³/mol. The van der Waals surface area contributed by atoms with Crippen LogP contribution in [0.5, 0.6) is 0 Å². The average Bonchev–Trinajstić information content (AvgIpc) is 3.34. The van der Waals surface area contributed by atoms with E-state index in [-0.39, 0.29) is 45.6 Å². The summed E-state index contributed by atoms with van der Waals surface area (Å²) < 4.78 is 68.1. The van der Waals surface area contributed by atoms with Crippen molar-refractivity contribution >= 4 is 32.4 Å². The summed E-state index contributed by atoms with van der Waals surface area (Å²) in [6, 6.07) is 0.776. The van der Waals surface area contributed by atoms with Crippen molar-refractivity contribution in [1.82, 2.24) is 34.6 Å². The van der Waals surface area contributed by atoms with Crippen LogP contribution in [0.25, 0.3) is 28.1 Å². The first kappa shape index (κ1) is 25.5.